The fourth-order valence-corrected chi connectivity index (χ4v) is 6.27. The predicted molar refractivity (Wildman–Crippen MR) is 217 cm³/mol. The summed E-state index contributed by atoms with van der Waals surface area (Å²) in [4.78, 5) is 0. The molecule has 0 saturated carbocycles. The maximum atomic E-state index is 8.73. The second-order valence-electron chi connectivity index (χ2n) is 12.4. The SMILES string of the molecule is C.C.COc1ccc(CCl)cc1-c1ccc2c(c1)OCO2.COc1ccc(Cc2c(C)noc2C)cc1-c1ccc2c(c1)OCO2.Cc1noc(C)c1B(O)O. The molecule has 2 N–H and O–H groups in total. The van der Waals surface area contributed by atoms with Gasteiger partial charge in [0.2, 0.25) is 13.6 Å². The van der Waals surface area contributed by atoms with E-state index in [-0.39, 0.29) is 28.4 Å². The number of benzene rings is 4. The van der Waals surface area contributed by atoms with Gasteiger partial charge in [-0.15, -0.1) is 11.6 Å². The number of aromatic nitrogens is 2. The lowest BCUT2D eigenvalue weighted by Gasteiger charge is -2.12. The molecule has 0 radical (unpaired) electrons. The number of hydrogen-bond acceptors (Lipinski definition) is 12. The monoisotopic (exact) mass is 786 g/mol. The molecule has 0 amide bonds. The quantitative estimate of drug-likeness (QED) is 0.113. The maximum Gasteiger partial charge on any atom is 0.494 e. The Balaban J connectivity index is 0.000000199. The summed E-state index contributed by atoms with van der Waals surface area (Å²) in [6, 6.07) is 23.9. The second-order valence-corrected chi connectivity index (χ2v) is 12.7. The highest BCUT2D eigenvalue weighted by Crippen LogP contribution is 2.40. The highest BCUT2D eigenvalue weighted by atomic mass is 35.5. The average Bonchev–Trinajstić information content (AvgIpc) is 3.99. The van der Waals surface area contributed by atoms with Crippen molar-refractivity contribution < 1.29 is 47.5 Å². The van der Waals surface area contributed by atoms with Gasteiger partial charge in [0, 0.05) is 34.5 Å². The van der Waals surface area contributed by atoms with Crippen molar-refractivity contribution >= 4 is 24.2 Å². The lowest BCUT2D eigenvalue weighted by atomic mass is 9.79. The van der Waals surface area contributed by atoms with Gasteiger partial charge in [0.15, 0.2) is 23.0 Å². The maximum absolute atomic E-state index is 8.73. The number of alkyl halides is 1. The van der Waals surface area contributed by atoms with E-state index in [0.717, 1.165) is 85.8 Å². The van der Waals surface area contributed by atoms with Crippen molar-refractivity contribution in [2.75, 3.05) is 27.8 Å². The van der Waals surface area contributed by atoms with E-state index in [1.54, 1.807) is 28.1 Å². The van der Waals surface area contributed by atoms with Gasteiger partial charge in [-0.25, -0.2) is 0 Å². The molecule has 0 fully saturated rings. The third-order valence-electron chi connectivity index (χ3n) is 8.96. The first-order valence-corrected chi connectivity index (χ1v) is 17.5. The van der Waals surface area contributed by atoms with Crippen molar-refractivity contribution in [2.24, 2.45) is 0 Å². The molecule has 12 nitrogen and oxygen atoms in total. The normalized spacial score (nSPS) is 11.6. The van der Waals surface area contributed by atoms with Crippen LogP contribution in [0.1, 0.15) is 54.5 Å². The molecule has 8 rings (SSSR count). The van der Waals surface area contributed by atoms with Gasteiger partial charge >= 0.3 is 7.12 Å². The number of aryl methyl sites for hydroxylation is 4. The van der Waals surface area contributed by atoms with Crippen LogP contribution in [0.2, 0.25) is 0 Å². The zero-order valence-electron chi connectivity index (χ0n) is 30.8. The Hall–Kier alpha value is -5.63. The Labute approximate surface area is 333 Å². The molecule has 296 valence electrons. The molecule has 0 bridgehead atoms. The van der Waals surface area contributed by atoms with Gasteiger partial charge in [-0.1, -0.05) is 49.4 Å². The number of hydrogen-bond donors (Lipinski definition) is 2. The largest absolute Gasteiger partial charge is 0.496 e. The molecule has 0 spiro atoms. The van der Waals surface area contributed by atoms with Crippen LogP contribution in [0.4, 0.5) is 0 Å². The van der Waals surface area contributed by atoms with Crippen molar-refractivity contribution in [3.05, 3.63) is 112 Å². The lowest BCUT2D eigenvalue weighted by Crippen LogP contribution is -2.32. The van der Waals surface area contributed by atoms with Gasteiger partial charge in [-0.3, -0.25) is 0 Å². The number of halogens is 1. The summed E-state index contributed by atoms with van der Waals surface area (Å²) in [6.45, 7) is 7.74. The van der Waals surface area contributed by atoms with Crippen LogP contribution in [-0.2, 0) is 12.3 Å². The topological polar surface area (TPSA) is 148 Å². The van der Waals surface area contributed by atoms with Crippen LogP contribution in [-0.4, -0.2) is 55.3 Å². The highest BCUT2D eigenvalue weighted by Gasteiger charge is 2.21. The van der Waals surface area contributed by atoms with Crippen molar-refractivity contribution in [3.8, 4) is 56.8 Å². The Bertz CT molecular complexity index is 2200. The molecule has 4 aromatic carbocycles. The Morgan fingerprint density at radius 1 is 0.625 bits per heavy atom. The first-order chi connectivity index (χ1) is 26.1. The van der Waals surface area contributed by atoms with Gasteiger partial charge in [-0.2, -0.15) is 0 Å². The van der Waals surface area contributed by atoms with Gasteiger partial charge in [0.25, 0.3) is 0 Å². The van der Waals surface area contributed by atoms with Gasteiger partial charge in [-0.05, 0) is 98.5 Å². The summed E-state index contributed by atoms with van der Waals surface area (Å²) in [7, 11) is 1.86. The standard InChI is InChI=1S/C20H19NO4.C15H13ClO3.C5H8BNO3.2CH4/c1-12-16(13(2)25-21-12)8-14-4-6-18(22-3)17(9-14)15-5-7-19-20(10-15)24-11-23-19;1-17-13-4-2-10(8-16)6-12(13)11-3-5-14-15(7-11)19-9-18-14;1-3-5(6(8)9)4(2)10-7-3;;/h4-7,9-10H,8,11H2,1-3H3;2-7H,8-9H2,1H3;8-9H,1-2H3;2*1H4. The molecule has 4 heterocycles. The van der Waals surface area contributed by atoms with Crippen LogP contribution < -0.4 is 33.9 Å². The summed E-state index contributed by atoms with van der Waals surface area (Å²) in [6.07, 6.45) is 0.767. The minimum Gasteiger partial charge on any atom is -0.496 e. The Morgan fingerprint density at radius 2 is 1.11 bits per heavy atom. The number of methoxy groups -OCH3 is 2. The summed E-state index contributed by atoms with van der Waals surface area (Å²) < 4.78 is 42.5. The third kappa shape index (κ3) is 9.59. The fraction of sp³-hybridized carbons (Fsp3) is 0.286. The van der Waals surface area contributed by atoms with Crippen LogP contribution in [0.15, 0.2) is 81.8 Å². The zero-order valence-corrected chi connectivity index (χ0v) is 31.5. The van der Waals surface area contributed by atoms with E-state index in [2.05, 4.69) is 27.0 Å². The zero-order chi connectivity index (χ0) is 38.4. The number of fused-ring (bicyclic) bond motifs is 2. The molecule has 56 heavy (non-hydrogen) atoms. The van der Waals surface area contributed by atoms with Gasteiger partial charge < -0.3 is 47.5 Å². The van der Waals surface area contributed by atoms with Crippen molar-refractivity contribution in [1.29, 1.82) is 0 Å². The van der Waals surface area contributed by atoms with E-state index in [4.69, 9.17) is 54.6 Å². The minimum absolute atomic E-state index is 0. The molecular weight excluding hydrogens is 739 g/mol. The third-order valence-corrected chi connectivity index (χ3v) is 9.27. The lowest BCUT2D eigenvalue weighted by molar-refractivity contribution is 0.173. The van der Waals surface area contributed by atoms with Crippen LogP contribution in [0.5, 0.6) is 34.5 Å². The highest BCUT2D eigenvalue weighted by molar-refractivity contribution is 6.59. The Morgan fingerprint density at radius 3 is 1.54 bits per heavy atom. The average molecular weight is 787 g/mol. The smallest absolute Gasteiger partial charge is 0.494 e. The summed E-state index contributed by atoms with van der Waals surface area (Å²) in [5, 5.41) is 25.0. The Kier molecular flexibility index (Phi) is 14.9. The second kappa shape index (κ2) is 19.3. The van der Waals surface area contributed by atoms with E-state index < -0.39 is 7.12 Å². The van der Waals surface area contributed by atoms with Crippen molar-refractivity contribution in [2.45, 2.75) is 54.8 Å². The molecule has 0 unspecified atom stereocenters. The summed E-state index contributed by atoms with van der Waals surface area (Å²) >= 11 is 5.89. The van der Waals surface area contributed by atoms with E-state index in [0.29, 0.717) is 22.8 Å². The first-order valence-electron chi connectivity index (χ1n) is 17.0. The summed E-state index contributed by atoms with van der Waals surface area (Å²) in [5.41, 5.74) is 9.23. The van der Waals surface area contributed by atoms with Gasteiger partial charge in [0.05, 0.1) is 25.6 Å². The molecule has 0 saturated heterocycles. The van der Waals surface area contributed by atoms with Crippen LogP contribution in [0.25, 0.3) is 22.3 Å². The summed E-state index contributed by atoms with van der Waals surface area (Å²) in [5.74, 6) is 6.48. The van der Waals surface area contributed by atoms with E-state index in [1.807, 2.05) is 74.5 Å². The van der Waals surface area contributed by atoms with E-state index in [9.17, 15) is 0 Å². The van der Waals surface area contributed by atoms with Crippen LogP contribution in [0.3, 0.4) is 0 Å². The minimum atomic E-state index is -1.48. The molecule has 0 aliphatic carbocycles. The fourth-order valence-electron chi connectivity index (χ4n) is 6.10. The van der Waals surface area contributed by atoms with Crippen LogP contribution in [0, 0.1) is 27.7 Å². The number of rotatable bonds is 8. The van der Waals surface area contributed by atoms with E-state index >= 15 is 0 Å². The van der Waals surface area contributed by atoms with Gasteiger partial charge in [0.1, 0.15) is 23.0 Å². The number of ether oxygens (including phenoxy) is 6. The number of nitrogens with zero attached hydrogens (tertiary/aromatic N) is 2. The predicted octanol–water partition coefficient (Wildman–Crippen LogP) is 8.36. The molecular formula is C42H48BClN2O10. The molecule has 14 heteroatoms. The molecule has 0 atom stereocenters. The molecule has 2 aliphatic rings. The van der Waals surface area contributed by atoms with E-state index in [1.165, 1.54) is 5.56 Å². The van der Waals surface area contributed by atoms with Crippen molar-refractivity contribution in [1.82, 2.24) is 10.3 Å². The van der Waals surface area contributed by atoms with Crippen molar-refractivity contribution in [3.63, 3.8) is 0 Å². The molecule has 2 aromatic heterocycles. The van der Waals surface area contributed by atoms with Crippen LogP contribution >= 0.6 is 11.6 Å². The molecule has 2 aliphatic heterocycles. The first kappa shape index (κ1) is 43.1. The molecule has 6 aromatic rings.